The smallest absolute Gasteiger partial charge is 0.307 e. The molecule has 2 aliphatic carbocycles. The number of carboxylic acid groups (broad SMARTS) is 1. The molecule has 0 radical (unpaired) electrons. The Morgan fingerprint density at radius 1 is 1.11 bits per heavy atom. The normalized spacial score (nSPS) is 20.2. The molecular weight excluding hydrogens is 482 g/mol. The quantitative estimate of drug-likeness (QED) is 0.526. The van der Waals surface area contributed by atoms with Gasteiger partial charge in [-0.2, -0.15) is 0 Å². The summed E-state index contributed by atoms with van der Waals surface area (Å²) >= 11 is 0. The summed E-state index contributed by atoms with van der Waals surface area (Å²) in [5.74, 6) is -0.861. The number of anilines is 1. The van der Waals surface area contributed by atoms with Crippen molar-refractivity contribution < 1.29 is 24.2 Å². The zero-order valence-corrected chi connectivity index (χ0v) is 22.0. The first-order valence-electron chi connectivity index (χ1n) is 13.5. The third-order valence-corrected chi connectivity index (χ3v) is 7.97. The minimum absolute atomic E-state index is 0.00454. The summed E-state index contributed by atoms with van der Waals surface area (Å²) in [6, 6.07) is 13.6. The van der Waals surface area contributed by atoms with Gasteiger partial charge >= 0.3 is 5.97 Å². The number of nitrogens with one attached hydrogen (secondary N) is 1. The fourth-order valence-corrected chi connectivity index (χ4v) is 5.90. The molecule has 1 fully saturated rings. The van der Waals surface area contributed by atoms with Crippen molar-refractivity contribution in [2.45, 2.75) is 64.8 Å². The van der Waals surface area contributed by atoms with Crippen molar-refractivity contribution in [1.82, 2.24) is 5.01 Å². The van der Waals surface area contributed by atoms with E-state index in [9.17, 15) is 19.5 Å². The Balaban J connectivity index is 1.34. The average molecular weight is 518 g/mol. The van der Waals surface area contributed by atoms with Gasteiger partial charge in [-0.05, 0) is 59.9 Å². The topological polar surface area (TPSA) is 108 Å². The summed E-state index contributed by atoms with van der Waals surface area (Å²) < 4.78 is 5.43. The molecule has 38 heavy (non-hydrogen) atoms. The van der Waals surface area contributed by atoms with E-state index in [0.717, 1.165) is 53.6 Å². The van der Waals surface area contributed by atoms with Crippen molar-refractivity contribution in [3.8, 4) is 0 Å². The molecule has 2 aromatic carbocycles. The molecule has 3 aliphatic rings. The number of fused-ring (bicyclic) bond motifs is 1. The van der Waals surface area contributed by atoms with Crippen molar-refractivity contribution in [1.29, 1.82) is 0 Å². The maximum Gasteiger partial charge on any atom is 0.307 e. The van der Waals surface area contributed by atoms with Crippen LogP contribution in [0.2, 0.25) is 0 Å². The molecule has 2 amide bonds. The second-order valence-corrected chi connectivity index (χ2v) is 11.0. The van der Waals surface area contributed by atoms with E-state index in [4.69, 9.17) is 4.74 Å². The predicted octanol–water partition coefficient (Wildman–Crippen LogP) is 4.73. The van der Waals surface area contributed by atoms with Gasteiger partial charge in [0, 0.05) is 11.6 Å². The highest BCUT2D eigenvalue weighted by Crippen LogP contribution is 2.39. The highest BCUT2D eigenvalue weighted by atomic mass is 16.5. The summed E-state index contributed by atoms with van der Waals surface area (Å²) in [7, 11) is 0. The van der Waals surface area contributed by atoms with E-state index >= 15 is 0 Å². The average Bonchev–Trinajstić information content (AvgIpc) is 3.57. The van der Waals surface area contributed by atoms with Crippen LogP contribution in [-0.4, -0.2) is 40.4 Å². The number of aliphatic carboxylic acids is 1. The molecule has 200 valence electrons. The van der Waals surface area contributed by atoms with Crippen LogP contribution in [0.25, 0.3) is 0 Å². The second-order valence-electron chi connectivity index (χ2n) is 11.0. The summed E-state index contributed by atoms with van der Waals surface area (Å²) in [6.45, 7) is 4.29. The zero-order valence-electron chi connectivity index (χ0n) is 22.0. The lowest BCUT2D eigenvalue weighted by atomic mass is 9.83. The lowest BCUT2D eigenvalue weighted by Gasteiger charge is -2.26. The van der Waals surface area contributed by atoms with Crippen LogP contribution in [0.5, 0.6) is 0 Å². The Morgan fingerprint density at radius 3 is 2.53 bits per heavy atom. The predicted molar refractivity (Wildman–Crippen MR) is 144 cm³/mol. The Bertz CT molecular complexity index is 1250. The number of hydrogen-bond acceptors (Lipinski definition) is 5. The van der Waals surface area contributed by atoms with Gasteiger partial charge in [-0.15, -0.1) is 5.10 Å². The molecule has 0 aromatic heterocycles. The third kappa shape index (κ3) is 5.44. The summed E-state index contributed by atoms with van der Waals surface area (Å²) in [5.41, 5.74) is 4.54. The second kappa shape index (κ2) is 11.0. The first-order chi connectivity index (χ1) is 18.3. The van der Waals surface area contributed by atoms with Crippen LogP contribution in [0.3, 0.4) is 0 Å². The fourth-order valence-electron chi connectivity index (χ4n) is 5.90. The molecule has 8 heteroatoms. The Hall–Kier alpha value is -3.68. The molecule has 2 aromatic rings. The standard InChI is InChI=1S/C30H35N3O5/c1-18(2)29-32-33(26(34)17-38-29)16-19-10-12-21(13-11-19)27(20-6-3-4-7-20)28(35)31-25-9-5-8-22-14-23(30(36)37)15-24(22)25/h5,8-13,18,20,23,27H,3-4,6-7,14-17H2,1-2H3,(H,31,35)(H,36,37). The molecule has 1 saturated carbocycles. The van der Waals surface area contributed by atoms with Gasteiger partial charge in [0.15, 0.2) is 6.61 Å². The van der Waals surface area contributed by atoms with Gasteiger partial charge in [-0.1, -0.05) is 63.1 Å². The van der Waals surface area contributed by atoms with Crippen molar-refractivity contribution in [2.24, 2.45) is 22.9 Å². The molecule has 0 saturated heterocycles. The summed E-state index contributed by atoms with van der Waals surface area (Å²) in [5, 5.41) is 18.5. The molecule has 1 aliphatic heterocycles. The number of hydrogen-bond donors (Lipinski definition) is 2. The maximum atomic E-state index is 13.7. The van der Waals surface area contributed by atoms with Crippen molar-refractivity contribution in [2.75, 3.05) is 11.9 Å². The number of benzene rings is 2. The monoisotopic (exact) mass is 517 g/mol. The van der Waals surface area contributed by atoms with E-state index in [1.165, 1.54) is 5.01 Å². The number of carbonyl (C=O) groups excluding carboxylic acids is 2. The van der Waals surface area contributed by atoms with Crippen molar-refractivity contribution in [3.05, 3.63) is 64.7 Å². The first kappa shape index (κ1) is 25.9. The van der Waals surface area contributed by atoms with E-state index < -0.39 is 11.9 Å². The van der Waals surface area contributed by atoms with Gasteiger partial charge in [0.2, 0.25) is 11.8 Å². The van der Waals surface area contributed by atoms with Gasteiger partial charge in [0.1, 0.15) is 0 Å². The van der Waals surface area contributed by atoms with Crippen LogP contribution in [-0.2, 0) is 38.5 Å². The van der Waals surface area contributed by atoms with Crippen LogP contribution < -0.4 is 5.32 Å². The highest BCUT2D eigenvalue weighted by Gasteiger charge is 2.34. The minimum atomic E-state index is -0.799. The third-order valence-electron chi connectivity index (χ3n) is 7.97. The van der Waals surface area contributed by atoms with E-state index in [-0.39, 0.29) is 36.2 Å². The maximum absolute atomic E-state index is 13.7. The van der Waals surface area contributed by atoms with Gasteiger partial charge in [-0.3, -0.25) is 14.4 Å². The molecule has 2 atom stereocenters. The molecule has 2 unspecified atom stereocenters. The first-order valence-corrected chi connectivity index (χ1v) is 13.5. The highest BCUT2D eigenvalue weighted by molar-refractivity contribution is 5.97. The van der Waals surface area contributed by atoms with Crippen molar-refractivity contribution in [3.63, 3.8) is 0 Å². The van der Waals surface area contributed by atoms with Crippen LogP contribution >= 0.6 is 0 Å². The molecular formula is C30H35N3O5. The van der Waals surface area contributed by atoms with E-state index in [2.05, 4.69) is 10.4 Å². The molecule has 0 spiro atoms. The fraction of sp³-hybridized carbons (Fsp3) is 0.467. The van der Waals surface area contributed by atoms with Gasteiger partial charge in [0.25, 0.3) is 5.91 Å². The van der Waals surface area contributed by atoms with Crippen molar-refractivity contribution >= 4 is 29.4 Å². The largest absolute Gasteiger partial charge is 0.481 e. The Kier molecular flexibility index (Phi) is 7.49. The van der Waals surface area contributed by atoms with Crippen LogP contribution in [0.15, 0.2) is 47.6 Å². The molecule has 1 heterocycles. The number of hydrazone groups is 1. The zero-order chi connectivity index (χ0) is 26.8. The summed E-state index contributed by atoms with van der Waals surface area (Å²) in [4.78, 5) is 37.6. The van der Waals surface area contributed by atoms with Crippen LogP contribution in [0, 0.1) is 17.8 Å². The lowest BCUT2D eigenvalue weighted by Crippen LogP contribution is -2.37. The molecule has 5 rings (SSSR count). The van der Waals surface area contributed by atoms with Crippen LogP contribution in [0.4, 0.5) is 5.69 Å². The Labute approximate surface area is 223 Å². The minimum Gasteiger partial charge on any atom is -0.481 e. The SMILES string of the molecule is CC(C)C1=NN(Cc2ccc(C(C(=O)Nc3cccc4c3CC(C(=O)O)C4)C3CCCC3)cc2)C(=O)CO1. The van der Waals surface area contributed by atoms with Gasteiger partial charge in [0.05, 0.1) is 18.4 Å². The number of carbonyl (C=O) groups is 3. The van der Waals surface area contributed by atoms with E-state index in [1.54, 1.807) is 0 Å². The van der Waals surface area contributed by atoms with E-state index in [1.807, 2.05) is 56.3 Å². The summed E-state index contributed by atoms with van der Waals surface area (Å²) in [6.07, 6.45) is 5.17. The van der Waals surface area contributed by atoms with E-state index in [0.29, 0.717) is 25.3 Å². The number of carboxylic acids is 1. The van der Waals surface area contributed by atoms with Crippen LogP contribution in [0.1, 0.15) is 67.7 Å². The van der Waals surface area contributed by atoms with Gasteiger partial charge < -0.3 is 15.2 Å². The molecule has 8 nitrogen and oxygen atoms in total. The molecule has 2 N–H and O–H groups in total. The number of rotatable bonds is 8. The van der Waals surface area contributed by atoms with Gasteiger partial charge in [-0.25, -0.2) is 5.01 Å². The molecule has 0 bridgehead atoms. The Morgan fingerprint density at radius 2 is 1.84 bits per heavy atom. The number of ether oxygens (including phenoxy) is 1. The number of nitrogens with zero attached hydrogens (tertiary/aromatic N) is 2. The lowest BCUT2D eigenvalue weighted by molar-refractivity contribution is -0.141. The number of amides is 2.